The Bertz CT molecular complexity index is 3690. The quantitative estimate of drug-likeness (QED) is 0.0135. The van der Waals surface area contributed by atoms with Crippen molar-refractivity contribution >= 4 is 97.6 Å². The summed E-state index contributed by atoms with van der Waals surface area (Å²) in [4.78, 5) is 94.0. The first-order valence-electron chi connectivity index (χ1n) is 32.2. The van der Waals surface area contributed by atoms with E-state index in [0.717, 1.165) is 83.2 Å². The lowest BCUT2D eigenvalue weighted by molar-refractivity contribution is -0.126. The van der Waals surface area contributed by atoms with Crippen LogP contribution >= 0.6 is 12.4 Å². The summed E-state index contributed by atoms with van der Waals surface area (Å²) in [5.41, 5.74) is 29.3. The minimum atomic E-state index is -0.848. The van der Waals surface area contributed by atoms with Gasteiger partial charge in [-0.1, -0.05) is 36.4 Å². The zero-order chi connectivity index (χ0) is 66.8. The molecule has 6 aromatic carbocycles. The van der Waals surface area contributed by atoms with E-state index in [1.807, 2.05) is 148 Å². The number of nitrogens with one attached hydrogen (secondary N) is 9. The van der Waals surface area contributed by atoms with E-state index < -0.39 is 24.0 Å². The Balaban J connectivity index is 0.0000116. The number of halogens is 1. The molecule has 21 nitrogen and oxygen atoms in total. The van der Waals surface area contributed by atoms with Gasteiger partial charge in [0.05, 0.1) is 40.6 Å². The molecule has 502 valence electrons. The van der Waals surface area contributed by atoms with Gasteiger partial charge in [0, 0.05) is 72.8 Å². The molecule has 6 amide bonds. The molecule has 15 N–H and O–H groups in total. The molecule has 0 aliphatic heterocycles. The van der Waals surface area contributed by atoms with Crippen molar-refractivity contribution in [3.05, 3.63) is 178 Å². The first-order chi connectivity index (χ1) is 45.5. The molecule has 3 heterocycles. The molecule has 0 aliphatic carbocycles. The highest BCUT2D eigenvalue weighted by Crippen LogP contribution is 2.35. The smallest absolute Gasteiger partial charge is 0.246 e. The van der Waals surface area contributed by atoms with Crippen LogP contribution in [-0.2, 0) is 48.0 Å². The summed E-state index contributed by atoms with van der Waals surface area (Å²) in [5, 5.41) is 20.7. The van der Waals surface area contributed by atoms with Gasteiger partial charge < -0.3 is 78.3 Å². The number of unbranched alkanes of at least 4 members (excludes halogenated alkanes) is 3. The summed E-state index contributed by atoms with van der Waals surface area (Å²) in [6, 6.07) is 36.9. The summed E-state index contributed by atoms with van der Waals surface area (Å²) in [6.45, 7) is 7.07. The number of aromatic amines is 3. The summed E-state index contributed by atoms with van der Waals surface area (Å²) >= 11 is 0. The van der Waals surface area contributed by atoms with Crippen molar-refractivity contribution in [2.24, 2.45) is 17.2 Å². The minimum Gasteiger partial charge on any atom is -0.497 e. The SMILES string of the molecule is COc1ccc2[nH]c(C)c(CC(=O)N[C@@H](CCCCN)C(=O)Nc3ccc(C(c4ccc(NC(=O)[C@H](CCCCN)NC(=O)Cc5c(C)[nH]c6ccc(OC)cc56)cc4)c4ccc(NC(=O)[C@H](CCCCN)NC(=O)Cc5c(C)[nH]c6ccc(OC)cc56)cc4)cc3)c2c1.Cl. The minimum absolute atomic E-state index is 0. The molecule has 0 spiro atoms. The predicted molar refractivity (Wildman–Crippen MR) is 378 cm³/mol. The molecule has 0 fully saturated rings. The van der Waals surface area contributed by atoms with Crippen molar-refractivity contribution < 1.29 is 43.0 Å². The van der Waals surface area contributed by atoms with Crippen molar-refractivity contribution in [1.82, 2.24) is 30.9 Å². The number of H-pyrrole nitrogens is 3. The van der Waals surface area contributed by atoms with E-state index in [1.165, 1.54) is 0 Å². The van der Waals surface area contributed by atoms with Crippen LogP contribution in [0.4, 0.5) is 17.1 Å². The van der Waals surface area contributed by atoms with Crippen molar-refractivity contribution in [3.63, 3.8) is 0 Å². The lowest BCUT2D eigenvalue weighted by Crippen LogP contribution is -2.44. The largest absolute Gasteiger partial charge is 0.497 e. The molecule has 0 saturated carbocycles. The first kappa shape index (κ1) is 71.2. The number of ether oxygens (including phenoxy) is 3. The maximum absolute atomic E-state index is 14.2. The highest BCUT2D eigenvalue weighted by Gasteiger charge is 2.27. The molecule has 22 heteroatoms. The average molecular weight is 1310 g/mol. The fourth-order valence-corrected chi connectivity index (χ4v) is 12.2. The number of methoxy groups -OCH3 is 3. The average Bonchev–Trinajstić information content (AvgIpc) is 1.79. The monoisotopic (exact) mass is 1310 g/mol. The van der Waals surface area contributed by atoms with Gasteiger partial charge >= 0.3 is 0 Å². The molecular formula is C73H89ClN12O9. The summed E-state index contributed by atoms with van der Waals surface area (Å²) in [5.74, 6) is -0.450. The van der Waals surface area contributed by atoms with Crippen molar-refractivity contribution in [2.75, 3.05) is 56.9 Å². The Hall–Kier alpha value is -9.67. The molecule has 0 aliphatic rings. The van der Waals surface area contributed by atoms with Gasteiger partial charge in [0.25, 0.3) is 0 Å². The van der Waals surface area contributed by atoms with Crippen LogP contribution in [0.25, 0.3) is 32.7 Å². The zero-order valence-electron chi connectivity index (χ0n) is 54.9. The van der Waals surface area contributed by atoms with E-state index in [2.05, 4.69) is 46.9 Å². The molecule has 0 unspecified atom stereocenters. The molecule has 95 heavy (non-hydrogen) atoms. The van der Waals surface area contributed by atoms with Gasteiger partial charge in [0.2, 0.25) is 35.4 Å². The highest BCUT2D eigenvalue weighted by atomic mass is 35.5. The number of fused-ring (bicyclic) bond motifs is 3. The van der Waals surface area contributed by atoms with E-state index in [9.17, 15) is 28.8 Å². The standard InChI is InChI=1S/C73H88N12O9.ClH/c1-43-55(58-37-52(92-4)28-31-61(58)77-43)40-67(86)83-64(13-7-10-34-74)71(89)80-49-22-16-46(17-23-49)70(47-18-24-50(25-19-47)81-72(90)65(14-8-11-35-75)84-68(87)41-56-44(2)78-62-32-29-53(93-5)38-59(56)62)48-20-26-51(27-21-48)82-73(91)66(15-9-12-36-76)85-69(88)42-57-45(3)79-63-33-30-54(94-6)39-60(57)63;/h16-33,37-39,64-66,70,77-79H,7-15,34-36,40-42,74-76H2,1-6H3,(H,80,89)(H,81,90)(H,82,91)(H,83,86)(H,84,87)(H,85,88);1H/t64-,65-,66-;/m0./s1. The first-order valence-corrected chi connectivity index (χ1v) is 32.2. The molecule has 3 aromatic heterocycles. The maximum atomic E-state index is 14.2. The van der Waals surface area contributed by atoms with Gasteiger partial charge in [-0.2, -0.15) is 0 Å². The van der Waals surface area contributed by atoms with Gasteiger partial charge in [-0.3, -0.25) is 28.8 Å². The van der Waals surface area contributed by atoms with Crippen molar-refractivity contribution in [1.29, 1.82) is 0 Å². The number of benzene rings is 6. The van der Waals surface area contributed by atoms with Crippen LogP contribution in [-0.4, -0.2) is 109 Å². The van der Waals surface area contributed by atoms with Gasteiger partial charge in [-0.15, -0.1) is 12.4 Å². The number of carbonyl (C=O) groups is 6. The maximum Gasteiger partial charge on any atom is 0.246 e. The molecule has 0 bridgehead atoms. The fraction of sp³-hybridized carbons (Fsp3) is 0.342. The van der Waals surface area contributed by atoms with Crippen LogP contribution in [0.1, 0.15) is 114 Å². The van der Waals surface area contributed by atoms with E-state index in [4.69, 9.17) is 31.4 Å². The molecule has 3 atom stereocenters. The Labute approximate surface area is 559 Å². The molecule has 0 radical (unpaired) electrons. The van der Waals surface area contributed by atoms with E-state index in [1.54, 1.807) is 21.3 Å². The number of rotatable bonds is 33. The molecule has 0 saturated heterocycles. The lowest BCUT2D eigenvalue weighted by Gasteiger charge is -2.22. The second-order valence-corrected chi connectivity index (χ2v) is 23.9. The van der Waals surface area contributed by atoms with Crippen LogP contribution in [0, 0.1) is 20.8 Å². The summed E-state index contributed by atoms with van der Waals surface area (Å²) < 4.78 is 16.4. The van der Waals surface area contributed by atoms with Gasteiger partial charge in [-0.05, 0) is 223 Å². The van der Waals surface area contributed by atoms with Gasteiger partial charge in [0.1, 0.15) is 35.4 Å². The second kappa shape index (κ2) is 34.0. The van der Waals surface area contributed by atoms with Crippen LogP contribution in [0.3, 0.4) is 0 Å². The van der Waals surface area contributed by atoms with Gasteiger partial charge in [0.15, 0.2) is 0 Å². The zero-order valence-corrected chi connectivity index (χ0v) is 55.7. The number of carbonyl (C=O) groups excluding carboxylic acids is 6. The predicted octanol–water partition coefficient (Wildman–Crippen LogP) is 10.1. The van der Waals surface area contributed by atoms with Crippen LogP contribution in [0.15, 0.2) is 127 Å². The van der Waals surface area contributed by atoms with E-state index in [0.29, 0.717) is 112 Å². The Kier molecular flexibility index (Phi) is 25.4. The topological polar surface area (TPSA) is 328 Å². The Morgan fingerprint density at radius 1 is 0.389 bits per heavy atom. The summed E-state index contributed by atoms with van der Waals surface area (Å²) in [6.07, 6.45) is 5.14. The number of amides is 6. The summed E-state index contributed by atoms with van der Waals surface area (Å²) in [7, 11) is 4.78. The number of hydrogen-bond acceptors (Lipinski definition) is 12. The highest BCUT2D eigenvalue weighted by molar-refractivity contribution is 6.01. The van der Waals surface area contributed by atoms with Crippen LogP contribution < -0.4 is 63.3 Å². The third kappa shape index (κ3) is 18.4. The number of anilines is 3. The molecular weight excluding hydrogens is 1220 g/mol. The number of aryl methyl sites for hydroxylation is 3. The number of aromatic nitrogens is 3. The third-order valence-corrected chi connectivity index (χ3v) is 17.3. The lowest BCUT2D eigenvalue weighted by atomic mass is 9.85. The Morgan fingerprint density at radius 3 is 0.895 bits per heavy atom. The van der Waals surface area contributed by atoms with Crippen molar-refractivity contribution in [2.45, 2.75) is 122 Å². The third-order valence-electron chi connectivity index (χ3n) is 17.3. The van der Waals surface area contributed by atoms with Gasteiger partial charge in [-0.25, -0.2) is 0 Å². The Morgan fingerprint density at radius 2 is 0.653 bits per heavy atom. The molecule has 9 aromatic rings. The van der Waals surface area contributed by atoms with E-state index in [-0.39, 0.29) is 67.1 Å². The van der Waals surface area contributed by atoms with Crippen LogP contribution in [0.5, 0.6) is 17.2 Å². The van der Waals surface area contributed by atoms with Crippen molar-refractivity contribution in [3.8, 4) is 17.2 Å². The van der Waals surface area contributed by atoms with E-state index >= 15 is 0 Å². The second-order valence-electron chi connectivity index (χ2n) is 23.9. The number of nitrogens with two attached hydrogens (primary N) is 3. The fourth-order valence-electron chi connectivity index (χ4n) is 12.2. The number of hydrogen-bond donors (Lipinski definition) is 12. The van der Waals surface area contributed by atoms with Crippen LogP contribution in [0.2, 0.25) is 0 Å². The normalized spacial score (nSPS) is 12.2. The molecule has 9 rings (SSSR count).